The van der Waals surface area contributed by atoms with Crippen molar-refractivity contribution < 1.29 is 18.0 Å². The lowest BCUT2D eigenvalue weighted by molar-refractivity contribution is -0.113. The van der Waals surface area contributed by atoms with Crippen LogP contribution in [0, 0.1) is 17.6 Å². The number of carbonyl (C=O) groups excluding carboxylic acids is 1. The molecule has 0 saturated carbocycles. The Kier molecular flexibility index (Phi) is 6.27. The Balaban J connectivity index is 1.65. The number of thioether (sulfide) groups is 1. The smallest absolute Gasteiger partial charge is 0.297 e. The van der Waals surface area contributed by atoms with Gasteiger partial charge in [0.2, 0.25) is 11.5 Å². The molecular weight excluding hydrogens is 436 g/mol. The van der Waals surface area contributed by atoms with Gasteiger partial charge in [-0.2, -0.15) is 0 Å². The first kappa shape index (κ1) is 22.0. The third-order valence-electron chi connectivity index (χ3n) is 4.91. The van der Waals surface area contributed by atoms with Crippen LogP contribution in [0.15, 0.2) is 56.8 Å². The molecule has 0 atom stereocenters. The number of para-hydroxylation sites is 1. The molecule has 0 spiro atoms. The summed E-state index contributed by atoms with van der Waals surface area (Å²) in [5.74, 6) is -1.71. The largest absolute Gasteiger partial charge is 0.448 e. The second-order valence-electron chi connectivity index (χ2n) is 7.77. The average Bonchev–Trinajstić information content (AvgIpc) is 3.13. The molecule has 32 heavy (non-hydrogen) atoms. The standard InChI is InChI=1S/C23H21F2N3O3S/c1-13(2)9-10-28-22(30)21-20(15-5-3-4-6-18(15)31-21)27-23(28)32-12-19(29)26-17-11-14(24)7-8-16(17)25/h3-8,11,13H,9-10,12H2,1-2H3,(H,26,29). The van der Waals surface area contributed by atoms with E-state index >= 15 is 0 Å². The fraction of sp³-hybridized carbons (Fsp3) is 0.261. The van der Waals surface area contributed by atoms with Crippen LogP contribution in [0.4, 0.5) is 14.5 Å². The summed E-state index contributed by atoms with van der Waals surface area (Å²) in [6.45, 7) is 4.51. The van der Waals surface area contributed by atoms with Crippen molar-refractivity contribution in [3.8, 4) is 0 Å². The number of hydrogen-bond acceptors (Lipinski definition) is 5. The molecule has 0 fully saturated rings. The maximum absolute atomic E-state index is 13.8. The molecule has 1 N–H and O–H groups in total. The summed E-state index contributed by atoms with van der Waals surface area (Å²) < 4.78 is 34.4. The molecule has 0 aliphatic carbocycles. The highest BCUT2D eigenvalue weighted by Gasteiger charge is 2.19. The molecule has 0 aliphatic rings. The van der Waals surface area contributed by atoms with Crippen LogP contribution in [0.1, 0.15) is 20.3 Å². The molecule has 4 aromatic rings. The van der Waals surface area contributed by atoms with E-state index in [1.54, 1.807) is 6.07 Å². The minimum Gasteiger partial charge on any atom is -0.448 e. The highest BCUT2D eigenvalue weighted by atomic mass is 32.2. The van der Waals surface area contributed by atoms with Crippen LogP contribution in [0.2, 0.25) is 0 Å². The normalized spacial score (nSPS) is 11.5. The first-order valence-corrected chi connectivity index (χ1v) is 11.1. The van der Waals surface area contributed by atoms with Crippen LogP contribution in [0.25, 0.3) is 22.1 Å². The summed E-state index contributed by atoms with van der Waals surface area (Å²) in [7, 11) is 0. The number of amides is 1. The van der Waals surface area contributed by atoms with Crippen LogP contribution in [0.5, 0.6) is 0 Å². The first-order chi connectivity index (χ1) is 15.3. The number of hydrogen-bond donors (Lipinski definition) is 1. The number of carbonyl (C=O) groups is 1. The number of rotatable bonds is 7. The molecule has 0 aliphatic heterocycles. The average molecular weight is 458 g/mol. The molecule has 9 heteroatoms. The van der Waals surface area contributed by atoms with Crippen molar-refractivity contribution in [2.24, 2.45) is 5.92 Å². The van der Waals surface area contributed by atoms with E-state index in [0.717, 1.165) is 36.4 Å². The number of nitrogens with zero attached hydrogens (tertiary/aromatic N) is 2. The first-order valence-electron chi connectivity index (χ1n) is 10.1. The van der Waals surface area contributed by atoms with E-state index in [9.17, 15) is 18.4 Å². The number of fused-ring (bicyclic) bond motifs is 3. The van der Waals surface area contributed by atoms with Gasteiger partial charge in [-0.3, -0.25) is 14.2 Å². The van der Waals surface area contributed by atoms with Gasteiger partial charge in [0.15, 0.2) is 5.16 Å². The van der Waals surface area contributed by atoms with E-state index in [-0.39, 0.29) is 22.6 Å². The van der Waals surface area contributed by atoms with Crippen molar-refractivity contribution in [2.45, 2.75) is 32.0 Å². The maximum atomic E-state index is 13.8. The SMILES string of the molecule is CC(C)CCn1c(SCC(=O)Nc2cc(F)ccc2F)nc2c(oc3ccccc32)c1=O. The number of furan rings is 1. The van der Waals surface area contributed by atoms with Gasteiger partial charge in [-0.05, 0) is 36.6 Å². The second kappa shape index (κ2) is 9.12. The predicted octanol–water partition coefficient (Wildman–Crippen LogP) is 5.20. The van der Waals surface area contributed by atoms with E-state index in [2.05, 4.69) is 10.3 Å². The van der Waals surface area contributed by atoms with Crippen LogP contribution in [-0.2, 0) is 11.3 Å². The zero-order valence-corrected chi connectivity index (χ0v) is 18.3. The highest BCUT2D eigenvalue weighted by molar-refractivity contribution is 7.99. The molecule has 6 nitrogen and oxygen atoms in total. The van der Waals surface area contributed by atoms with E-state index in [4.69, 9.17) is 4.42 Å². The van der Waals surface area contributed by atoms with E-state index in [1.807, 2.05) is 32.0 Å². The van der Waals surface area contributed by atoms with Crippen molar-refractivity contribution in [3.05, 3.63) is 64.5 Å². The minimum atomic E-state index is -0.733. The third-order valence-corrected chi connectivity index (χ3v) is 5.89. The summed E-state index contributed by atoms with van der Waals surface area (Å²) in [6.07, 6.45) is 0.738. The zero-order valence-electron chi connectivity index (χ0n) is 17.5. The van der Waals surface area contributed by atoms with Crippen LogP contribution in [0.3, 0.4) is 0 Å². The number of benzene rings is 2. The minimum absolute atomic E-state index is 0.134. The molecular formula is C23H21F2N3O3S. The molecule has 0 saturated heterocycles. The van der Waals surface area contributed by atoms with Gasteiger partial charge in [0, 0.05) is 18.0 Å². The molecule has 2 heterocycles. The van der Waals surface area contributed by atoms with Gasteiger partial charge < -0.3 is 9.73 Å². The summed E-state index contributed by atoms with van der Waals surface area (Å²) in [4.78, 5) is 30.2. The Morgan fingerprint density at radius 2 is 2.00 bits per heavy atom. The molecule has 2 aromatic carbocycles. The Hall–Kier alpha value is -3.20. The van der Waals surface area contributed by atoms with Crippen molar-refractivity contribution in [2.75, 3.05) is 11.1 Å². The van der Waals surface area contributed by atoms with Gasteiger partial charge >= 0.3 is 0 Å². The molecule has 1 amide bonds. The van der Waals surface area contributed by atoms with Gasteiger partial charge in [0.25, 0.3) is 5.56 Å². The third kappa shape index (κ3) is 4.52. The van der Waals surface area contributed by atoms with Crippen molar-refractivity contribution in [1.29, 1.82) is 0 Å². The van der Waals surface area contributed by atoms with Gasteiger partial charge in [-0.25, -0.2) is 13.8 Å². The van der Waals surface area contributed by atoms with E-state index in [1.165, 1.54) is 4.57 Å². The Bertz CT molecular complexity index is 1360. The van der Waals surface area contributed by atoms with Crippen LogP contribution >= 0.6 is 11.8 Å². The molecule has 0 unspecified atom stereocenters. The van der Waals surface area contributed by atoms with Crippen molar-refractivity contribution >= 4 is 45.4 Å². The molecule has 0 radical (unpaired) electrons. The highest BCUT2D eigenvalue weighted by Crippen LogP contribution is 2.27. The van der Waals surface area contributed by atoms with Crippen LogP contribution in [-0.4, -0.2) is 21.2 Å². The van der Waals surface area contributed by atoms with Gasteiger partial charge in [-0.1, -0.05) is 37.7 Å². The second-order valence-corrected chi connectivity index (χ2v) is 8.71. The number of aromatic nitrogens is 2. The fourth-order valence-corrected chi connectivity index (χ4v) is 4.08. The molecule has 0 bridgehead atoms. The number of halogens is 2. The summed E-state index contributed by atoms with van der Waals surface area (Å²) in [5, 5.41) is 3.44. The maximum Gasteiger partial charge on any atom is 0.297 e. The summed E-state index contributed by atoms with van der Waals surface area (Å²) >= 11 is 1.06. The Morgan fingerprint density at radius 1 is 1.22 bits per heavy atom. The van der Waals surface area contributed by atoms with E-state index in [0.29, 0.717) is 34.1 Å². The zero-order chi connectivity index (χ0) is 22.8. The molecule has 2 aromatic heterocycles. The number of nitrogens with one attached hydrogen (secondary N) is 1. The topological polar surface area (TPSA) is 77.1 Å². The summed E-state index contributed by atoms with van der Waals surface area (Å²) in [5.41, 5.74) is 0.614. The lowest BCUT2D eigenvalue weighted by Crippen LogP contribution is -2.24. The Morgan fingerprint density at radius 3 is 2.78 bits per heavy atom. The lowest BCUT2D eigenvalue weighted by atomic mass is 10.1. The monoisotopic (exact) mass is 457 g/mol. The quantitative estimate of drug-likeness (QED) is 0.305. The van der Waals surface area contributed by atoms with Crippen molar-refractivity contribution in [3.63, 3.8) is 0 Å². The fourth-order valence-electron chi connectivity index (χ4n) is 3.26. The molecule has 4 rings (SSSR count). The lowest BCUT2D eigenvalue weighted by Gasteiger charge is -2.13. The molecule has 166 valence electrons. The Labute approximate surface area is 186 Å². The van der Waals surface area contributed by atoms with Crippen molar-refractivity contribution in [1.82, 2.24) is 9.55 Å². The van der Waals surface area contributed by atoms with Crippen LogP contribution < -0.4 is 10.9 Å². The van der Waals surface area contributed by atoms with Gasteiger partial charge in [0.05, 0.1) is 11.4 Å². The van der Waals surface area contributed by atoms with E-state index < -0.39 is 17.5 Å². The predicted molar refractivity (Wildman–Crippen MR) is 121 cm³/mol. The van der Waals surface area contributed by atoms with Gasteiger partial charge in [-0.15, -0.1) is 0 Å². The number of anilines is 1. The summed E-state index contributed by atoms with van der Waals surface area (Å²) in [6, 6.07) is 10.1. The van der Waals surface area contributed by atoms with Gasteiger partial charge in [0.1, 0.15) is 22.7 Å².